The lowest BCUT2D eigenvalue weighted by Crippen LogP contribution is -2.38. The maximum absolute atomic E-state index is 10.9. The first-order valence-electron chi connectivity index (χ1n) is 6.73. The lowest BCUT2D eigenvalue weighted by Gasteiger charge is -2.29. The van der Waals surface area contributed by atoms with Crippen molar-refractivity contribution in [2.75, 3.05) is 13.6 Å². The molecule has 2 aliphatic carbocycles. The zero-order valence-electron chi connectivity index (χ0n) is 10.5. The van der Waals surface area contributed by atoms with E-state index in [4.69, 9.17) is 0 Å². The van der Waals surface area contributed by atoms with Gasteiger partial charge in [-0.3, -0.25) is 0 Å². The van der Waals surface area contributed by atoms with Gasteiger partial charge in [-0.05, 0) is 61.8 Å². The van der Waals surface area contributed by atoms with Crippen molar-refractivity contribution in [1.29, 1.82) is 0 Å². The molecule has 2 aliphatic rings. The zero-order chi connectivity index (χ0) is 11.9. The smallest absolute Gasteiger partial charge is 0.105 e. The first kappa shape index (κ1) is 11.2. The molecule has 0 saturated heterocycles. The van der Waals surface area contributed by atoms with Crippen LogP contribution in [0, 0.1) is 5.92 Å². The van der Waals surface area contributed by atoms with Crippen molar-refractivity contribution < 1.29 is 5.11 Å². The van der Waals surface area contributed by atoms with Gasteiger partial charge in [0, 0.05) is 6.54 Å². The van der Waals surface area contributed by atoms with Gasteiger partial charge < -0.3 is 10.4 Å². The third-order valence-electron chi connectivity index (χ3n) is 4.30. The van der Waals surface area contributed by atoms with E-state index < -0.39 is 5.60 Å². The van der Waals surface area contributed by atoms with Crippen molar-refractivity contribution in [3.8, 4) is 0 Å². The van der Waals surface area contributed by atoms with Gasteiger partial charge in [0.2, 0.25) is 0 Å². The Balaban J connectivity index is 1.95. The number of hydrogen-bond acceptors (Lipinski definition) is 2. The number of likely N-dealkylation sites (N-methyl/N-ethyl adjacent to an activating group) is 1. The fraction of sp³-hybridized carbons (Fsp3) is 0.600. The highest BCUT2D eigenvalue weighted by molar-refractivity contribution is 5.38. The van der Waals surface area contributed by atoms with E-state index in [9.17, 15) is 5.11 Å². The van der Waals surface area contributed by atoms with E-state index in [0.29, 0.717) is 12.5 Å². The summed E-state index contributed by atoms with van der Waals surface area (Å²) in [5.41, 5.74) is 3.41. The third kappa shape index (κ3) is 1.90. The van der Waals surface area contributed by atoms with Crippen LogP contribution < -0.4 is 5.32 Å². The first-order chi connectivity index (χ1) is 8.24. The summed E-state index contributed by atoms with van der Waals surface area (Å²) in [4.78, 5) is 0. The topological polar surface area (TPSA) is 32.3 Å². The van der Waals surface area contributed by atoms with Crippen LogP contribution in [-0.2, 0) is 18.4 Å². The predicted molar refractivity (Wildman–Crippen MR) is 69.0 cm³/mol. The van der Waals surface area contributed by atoms with Crippen LogP contribution in [0.5, 0.6) is 0 Å². The Hall–Kier alpha value is -0.860. The average molecular weight is 231 g/mol. The molecular formula is C15H21NO. The van der Waals surface area contributed by atoms with Crippen molar-refractivity contribution in [2.45, 2.75) is 37.7 Å². The molecule has 92 valence electrons. The van der Waals surface area contributed by atoms with E-state index in [0.717, 1.165) is 18.4 Å². The summed E-state index contributed by atoms with van der Waals surface area (Å²) in [6.07, 6.45) is 5.99. The molecule has 0 bridgehead atoms. The van der Waals surface area contributed by atoms with Crippen LogP contribution >= 0.6 is 0 Å². The first-order valence-corrected chi connectivity index (χ1v) is 6.73. The predicted octanol–water partition coefficient (Wildman–Crippen LogP) is 1.99. The number of aliphatic hydroxyl groups is 1. The maximum atomic E-state index is 10.9. The summed E-state index contributed by atoms with van der Waals surface area (Å²) >= 11 is 0. The van der Waals surface area contributed by atoms with E-state index in [-0.39, 0.29) is 0 Å². The Morgan fingerprint density at radius 3 is 2.76 bits per heavy atom. The molecule has 0 amide bonds. The molecule has 0 heterocycles. The Morgan fingerprint density at radius 2 is 2.06 bits per heavy atom. The van der Waals surface area contributed by atoms with Gasteiger partial charge in [-0.15, -0.1) is 0 Å². The van der Waals surface area contributed by atoms with Gasteiger partial charge in [-0.2, -0.15) is 0 Å². The molecule has 2 heteroatoms. The summed E-state index contributed by atoms with van der Waals surface area (Å²) in [5.74, 6) is 0.453. The van der Waals surface area contributed by atoms with Crippen LogP contribution in [0.25, 0.3) is 0 Å². The van der Waals surface area contributed by atoms with Crippen LogP contribution in [0.4, 0.5) is 0 Å². The average Bonchev–Trinajstić information content (AvgIpc) is 3.08. The van der Waals surface area contributed by atoms with Gasteiger partial charge in [0.25, 0.3) is 0 Å². The highest BCUT2D eigenvalue weighted by Gasteiger charge is 2.44. The lowest BCUT2D eigenvalue weighted by molar-refractivity contribution is 0.0152. The molecule has 1 saturated carbocycles. The number of hydrogen-bond donors (Lipinski definition) is 2. The highest BCUT2D eigenvalue weighted by Crippen LogP contribution is 2.46. The Bertz CT molecular complexity index is 425. The van der Waals surface area contributed by atoms with E-state index in [2.05, 4.69) is 23.5 Å². The number of fused-ring (bicyclic) bond motifs is 1. The zero-order valence-corrected chi connectivity index (χ0v) is 10.5. The molecule has 0 spiro atoms. The van der Waals surface area contributed by atoms with Gasteiger partial charge in [0.1, 0.15) is 5.60 Å². The minimum atomic E-state index is -0.646. The summed E-state index contributed by atoms with van der Waals surface area (Å²) in [6, 6.07) is 6.61. The Kier molecular flexibility index (Phi) is 2.72. The molecule has 1 fully saturated rings. The fourth-order valence-electron chi connectivity index (χ4n) is 3.15. The van der Waals surface area contributed by atoms with E-state index in [1.807, 2.05) is 7.05 Å². The molecule has 0 radical (unpaired) electrons. The van der Waals surface area contributed by atoms with E-state index in [1.54, 1.807) is 0 Å². The van der Waals surface area contributed by atoms with Crippen molar-refractivity contribution >= 4 is 0 Å². The second kappa shape index (κ2) is 4.11. The fourth-order valence-corrected chi connectivity index (χ4v) is 3.15. The number of benzene rings is 1. The molecule has 1 unspecified atom stereocenters. The second-order valence-electron chi connectivity index (χ2n) is 5.57. The lowest BCUT2D eigenvalue weighted by atomic mass is 9.87. The van der Waals surface area contributed by atoms with Crippen LogP contribution in [0.3, 0.4) is 0 Å². The second-order valence-corrected chi connectivity index (χ2v) is 5.57. The largest absolute Gasteiger partial charge is 0.384 e. The molecule has 0 aliphatic heterocycles. The monoisotopic (exact) mass is 231 g/mol. The number of rotatable bonds is 4. The minimum Gasteiger partial charge on any atom is -0.384 e. The third-order valence-corrected chi connectivity index (χ3v) is 4.30. The van der Waals surface area contributed by atoms with Crippen molar-refractivity contribution in [1.82, 2.24) is 5.32 Å². The van der Waals surface area contributed by atoms with Crippen LogP contribution in [0.15, 0.2) is 18.2 Å². The van der Waals surface area contributed by atoms with Gasteiger partial charge in [0.05, 0.1) is 0 Å². The van der Waals surface area contributed by atoms with Crippen LogP contribution in [0.1, 0.15) is 36.0 Å². The van der Waals surface area contributed by atoms with Crippen LogP contribution in [0.2, 0.25) is 0 Å². The molecule has 3 rings (SSSR count). The molecule has 2 N–H and O–H groups in total. The van der Waals surface area contributed by atoms with Crippen LogP contribution in [-0.4, -0.2) is 18.7 Å². The van der Waals surface area contributed by atoms with Gasteiger partial charge in [0.15, 0.2) is 0 Å². The standard InChI is InChI=1S/C15H21NO/c1-16-10-15(17,13-7-8-13)14-6-5-11-3-2-4-12(11)9-14/h5-6,9,13,16-17H,2-4,7-8,10H2,1H3. The molecular weight excluding hydrogens is 210 g/mol. The summed E-state index contributed by atoms with van der Waals surface area (Å²) in [6.45, 7) is 0.663. The summed E-state index contributed by atoms with van der Waals surface area (Å²) < 4.78 is 0. The normalized spacial score (nSPS) is 22.2. The Morgan fingerprint density at radius 1 is 1.29 bits per heavy atom. The highest BCUT2D eigenvalue weighted by atomic mass is 16.3. The minimum absolute atomic E-state index is 0.453. The van der Waals surface area contributed by atoms with E-state index in [1.165, 1.54) is 30.4 Å². The number of nitrogens with one attached hydrogen (secondary N) is 1. The molecule has 1 aromatic carbocycles. The van der Waals surface area contributed by atoms with Crippen molar-refractivity contribution in [3.63, 3.8) is 0 Å². The molecule has 1 atom stereocenters. The van der Waals surface area contributed by atoms with Gasteiger partial charge in [-0.1, -0.05) is 18.2 Å². The number of aryl methyl sites for hydroxylation is 2. The van der Waals surface area contributed by atoms with E-state index >= 15 is 0 Å². The summed E-state index contributed by atoms with van der Waals surface area (Å²) in [5, 5.41) is 14.0. The molecule has 2 nitrogen and oxygen atoms in total. The van der Waals surface area contributed by atoms with Crippen molar-refractivity contribution in [2.24, 2.45) is 5.92 Å². The Labute approximate surface area is 103 Å². The maximum Gasteiger partial charge on any atom is 0.105 e. The molecule has 17 heavy (non-hydrogen) atoms. The molecule has 1 aromatic rings. The SMILES string of the molecule is CNCC(O)(c1ccc2c(c1)CCC2)C1CC1. The van der Waals surface area contributed by atoms with Crippen molar-refractivity contribution in [3.05, 3.63) is 34.9 Å². The molecule has 0 aromatic heterocycles. The quantitative estimate of drug-likeness (QED) is 0.830. The van der Waals surface area contributed by atoms with Gasteiger partial charge >= 0.3 is 0 Å². The van der Waals surface area contributed by atoms with Gasteiger partial charge in [-0.25, -0.2) is 0 Å². The summed E-state index contributed by atoms with van der Waals surface area (Å²) in [7, 11) is 1.92.